The maximum absolute atomic E-state index is 12.4. The van der Waals surface area contributed by atoms with Gasteiger partial charge in [-0.05, 0) is 38.7 Å². The van der Waals surface area contributed by atoms with Crippen LogP contribution >= 0.6 is 0 Å². The first kappa shape index (κ1) is 18.6. The molecule has 0 saturated carbocycles. The van der Waals surface area contributed by atoms with Crippen LogP contribution in [0.1, 0.15) is 42.6 Å². The molecule has 1 aliphatic heterocycles. The second-order valence-corrected chi connectivity index (χ2v) is 7.31. The second-order valence-electron chi connectivity index (χ2n) is 7.31. The van der Waals surface area contributed by atoms with Gasteiger partial charge in [0.05, 0.1) is 0 Å². The SMILES string of the molecule is Cc1ccc(C2(CNC(=O)CCCn3ccnc3C)CCOCC2)cc1. The van der Waals surface area contributed by atoms with Gasteiger partial charge in [0, 0.05) is 50.5 Å². The van der Waals surface area contributed by atoms with Crippen molar-refractivity contribution < 1.29 is 9.53 Å². The summed E-state index contributed by atoms with van der Waals surface area (Å²) in [6.07, 6.45) is 7.02. The Balaban J connectivity index is 1.55. The first-order valence-electron chi connectivity index (χ1n) is 9.48. The molecule has 2 heterocycles. The molecule has 1 aromatic heterocycles. The number of carbonyl (C=O) groups is 1. The Morgan fingerprint density at radius 3 is 2.62 bits per heavy atom. The third kappa shape index (κ3) is 4.52. The predicted octanol–water partition coefficient (Wildman–Crippen LogP) is 3.14. The molecule has 1 saturated heterocycles. The molecule has 5 nitrogen and oxygen atoms in total. The van der Waals surface area contributed by atoms with Gasteiger partial charge in [0.15, 0.2) is 0 Å². The summed E-state index contributed by atoms with van der Waals surface area (Å²) in [7, 11) is 0. The fourth-order valence-electron chi connectivity index (χ4n) is 3.64. The van der Waals surface area contributed by atoms with Gasteiger partial charge in [0.2, 0.25) is 5.91 Å². The molecule has 1 aromatic carbocycles. The van der Waals surface area contributed by atoms with Crippen LogP contribution in [0.3, 0.4) is 0 Å². The van der Waals surface area contributed by atoms with Crippen molar-refractivity contribution >= 4 is 5.91 Å². The number of aromatic nitrogens is 2. The van der Waals surface area contributed by atoms with Crippen molar-refractivity contribution in [2.24, 2.45) is 0 Å². The van der Waals surface area contributed by atoms with Gasteiger partial charge >= 0.3 is 0 Å². The Kier molecular flexibility index (Phi) is 6.09. The molecule has 0 atom stereocenters. The zero-order chi connectivity index (χ0) is 18.4. The molecule has 140 valence electrons. The van der Waals surface area contributed by atoms with Crippen LogP contribution in [-0.4, -0.2) is 35.2 Å². The number of imidazole rings is 1. The Labute approximate surface area is 155 Å². The van der Waals surface area contributed by atoms with E-state index in [0.717, 1.165) is 44.8 Å². The summed E-state index contributed by atoms with van der Waals surface area (Å²) in [6.45, 7) is 7.10. The van der Waals surface area contributed by atoms with Crippen molar-refractivity contribution in [2.75, 3.05) is 19.8 Å². The van der Waals surface area contributed by atoms with E-state index in [4.69, 9.17) is 4.74 Å². The highest BCUT2D eigenvalue weighted by Gasteiger charge is 2.34. The fourth-order valence-corrected chi connectivity index (χ4v) is 3.64. The molecule has 0 spiro atoms. The quantitative estimate of drug-likeness (QED) is 0.830. The summed E-state index contributed by atoms with van der Waals surface area (Å²) in [4.78, 5) is 16.6. The molecule has 5 heteroatoms. The molecule has 0 bridgehead atoms. The Morgan fingerprint density at radius 2 is 1.96 bits per heavy atom. The van der Waals surface area contributed by atoms with Crippen LogP contribution in [0, 0.1) is 13.8 Å². The lowest BCUT2D eigenvalue weighted by Gasteiger charge is -2.38. The van der Waals surface area contributed by atoms with E-state index in [1.54, 1.807) is 6.20 Å². The molecule has 26 heavy (non-hydrogen) atoms. The topological polar surface area (TPSA) is 56.2 Å². The lowest BCUT2D eigenvalue weighted by atomic mass is 9.74. The number of hydrogen-bond acceptors (Lipinski definition) is 3. The highest BCUT2D eigenvalue weighted by molar-refractivity contribution is 5.76. The minimum absolute atomic E-state index is 0.0114. The van der Waals surface area contributed by atoms with Crippen molar-refractivity contribution in [1.29, 1.82) is 0 Å². The van der Waals surface area contributed by atoms with Crippen LogP contribution in [0.5, 0.6) is 0 Å². The standard InChI is InChI=1S/C21H29N3O2/c1-17-5-7-19(8-6-17)21(9-14-26-15-10-21)16-23-20(25)4-3-12-24-13-11-22-18(24)2/h5-8,11,13H,3-4,9-10,12,14-16H2,1-2H3,(H,23,25). The Morgan fingerprint density at radius 1 is 1.23 bits per heavy atom. The summed E-state index contributed by atoms with van der Waals surface area (Å²) in [5, 5.41) is 3.18. The molecule has 0 radical (unpaired) electrons. The molecule has 0 unspecified atom stereocenters. The lowest BCUT2D eigenvalue weighted by Crippen LogP contribution is -2.44. The van der Waals surface area contributed by atoms with E-state index in [-0.39, 0.29) is 11.3 Å². The normalized spacial score (nSPS) is 16.4. The van der Waals surface area contributed by atoms with Gasteiger partial charge in [-0.25, -0.2) is 4.98 Å². The maximum Gasteiger partial charge on any atom is 0.220 e. The van der Waals surface area contributed by atoms with Gasteiger partial charge in [-0.15, -0.1) is 0 Å². The summed E-state index contributed by atoms with van der Waals surface area (Å²) < 4.78 is 7.66. The van der Waals surface area contributed by atoms with Crippen molar-refractivity contribution in [3.05, 3.63) is 53.6 Å². The van der Waals surface area contributed by atoms with Crippen LogP contribution in [0.4, 0.5) is 0 Å². The van der Waals surface area contributed by atoms with E-state index >= 15 is 0 Å². The number of rotatable bonds is 7. The molecule has 2 aromatic rings. The molecule has 1 aliphatic rings. The van der Waals surface area contributed by atoms with Crippen molar-refractivity contribution in [1.82, 2.24) is 14.9 Å². The number of nitrogens with zero attached hydrogens (tertiary/aromatic N) is 2. The number of nitrogens with one attached hydrogen (secondary N) is 1. The second kappa shape index (κ2) is 8.49. The van der Waals surface area contributed by atoms with E-state index in [1.165, 1.54) is 11.1 Å². The summed E-state index contributed by atoms with van der Waals surface area (Å²) in [5.41, 5.74) is 2.55. The van der Waals surface area contributed by atoms with Gasteiger partial charge < -0.3 is 14.6 Å². The third-order valence-corrected chi connectivity index (χ3v) is 5.46. The number of amides is 1. The average Bonchev–Trinajstić information content (AvgIpc) is 3.06. The van der Waals surface area contributed by atoms with E-state index < -0.39 is 0 Å². The summed E-state index contributed by atoms with van der Waals surface area (Å²) in [5.74, 6) is 1.12. The first-order chi connectivity index (χ1) is 12.6. The van der Waals surface area contributed by atoms with Crippen LogP contribution in [0.15, 0.2) is 36.7 Å². The maximum atomic E-state index is 12.4. The lowest BCUT2D eigenvalue weighted by molar-refractivity contribution is -0.121. The predicted molar refractivity (Wildman–Crippen MR) is 102 cm³/mol. The average molecular weight is 355 g/mol. The van der Waals surface area contributed by atoms with Crippen molar-refractivity contribution in [2.45, 2.75) is 51.5 Å². The highest BCUT2D eigenvalue weighted by atomic mass is 16.5. The number of ether oxygens (including phenoxy) is 1. The molecule has 1 N–H and O–H groups in total. The molecular weight excluding hydrogens is 326 g/mol. The minimum Gasteiger partial charge on any atom is -0.381 e. The molecule has 1 amide bonds. The third-order valence-electron chi connectivity index (χ3n) is 5.46. The number of benzene rings is 1. The van der Waals surface area contributed by atoms with Crippen LogP contribution in [0.2, 0.25) is 0 Å². The molecule has 3 rings (SSSR count). The summed E-state index contributed by atoms with van der Waals surface area (Å²) in [6, 6.07) is 8.72. The first-order valence-corrected chi connectivity index (χ1v) is 9.48. The van der Waals surface area contributed by atoms with Crippen molar-refractivity contribution in [3.8, 4) is 0 Å². The fraction of sp³-hybridized carbons (Fsp3) is 0.524. The smallest absolute Gasteiger partial charge is 0.220 e. The summed E-state index contributed by atoms with van der Waals surface area (Å²) >= 11 is 0. The zero-order valence-corrected chi connectivity index (χ0v) is 15.8. The largest absolute Gasteiger partial charge is 0.381 e. The van der Waals surface area contributed by atoms with Gasteiger partial charge in [0.1, 0.15) is 5.82 Å². The van der Waals surface area contributed by atoms with Gasteiger partial charge in [-0.3, -0.25) is 4.79 Å². The van der Waals surface area contributed by atoms with E-state index in [2.05, 4.69) is 46.1 Å². The van der Waals surface area contributed by atoms with Crippen molar-refractivity contribution in [3.63, 3.8) is 0 Å². The zero-order valence-electron chi connectivity index (χ0n) is 15.8. The van der Waals surface area contributed by atoms with E-state index in [9.17, 15) is 4.79 Å². The van der Waals surface area contributed by atoms with E-state index in [1.807, 2.05) is 13.1 Å². The Bertz CT molecular complexity index is 715. The number of hydrogen-bond donors (Lipinski definition) is 1. The molecule has 0 aliphatic carbocycles. The number of carbonyl (C=O) groups excluding carboxylic acids is 1. The molecular formula is C21H29N3O2. The van der Waals surface area contributed by atoms with Crippen LogP contribution in [0.25, 0.3) is 0 Å². The van der Waals surface area contributed by atoms with Gasteiger partial charge in [-0.2, -0.15) is 0 Å². The minimum atomic E-state index is -0.0114. The highest BCUT2D eigenvalue weighted by Crippen LogP contribution is 2.34. The van der Waals surface area contributed by atoms with E-state index in [0.29, 0.717) is 13.0 Å². The number of aryl methyl sites for hydroxylation is 3. The monoisotopic (exact) mass is 355 g/mol. The van der Waals surface area contributed by atoms with Crippen LogP contribution < -0.4 is 5.32 Å². The van der Waals surface area contributed by atoms with Crippen LogP contribution in [-0.2, 0) is 21.5 Å². The van der Waals surface area contributed by atoms with Gasteiger partial charge in [0.25, 0.3) is 0 Å². The molecule has 1 fully saturated rings. The van der Waals surface area contributed by atoms with Gasteiger partial charge in [-0.1, -0.05) is 29.8 Å². The Hall–Kier alpha value is -2.14.